The van der Waals surface area contributed by atoms with Gasteiger partial charge < -0.3 is 9.32 Å². The molecule has 65 heavy (non-hydrogen) atoms. The molecule has 0 radical (unpaired) electrons. The predicted molar refractivity (Wildman–Crippen MR) is 273 cm³/mol. The van der Waals surface area contributed by atoms with E-state index in [-0.39, 0.29) is 5.41 Å². The molecule has 0 saturated heterocycles. The molecule has 0 atom stereocenters. The lowest BCUT2D eigenvalue weighted by atomic mass is 9.76. The van der Waals surface area contributed by atoms with Crippen molar-refractivity contribution in [2.45, 2.75) is 19.3 Å². The number of nitrogens with zero attached hydrogens (tertiary/aromatic N) is 1. The van der Waals surface area contributed by atoms with E-state index in [0.717, 1.165) is 50.1 Å². The molecule has 1 aliphatic rings. The van der Waals surface area contributed by atoms with Crippen LogP contribution in [0.15, 0.2) is 241 Å². The molecule has 0 N–H and O–H groups in total. The van der Waals surface area contributed by atoms with Gasteiger partial charge in [-0.3, -0.25) is 0 Å². The van der Waals surface area contributed by atoms with Gasteiger partial charge in [0.25, 0.3) is 0 Å². The van der Waals surface area contributed by atoms with Crippen LogP contribution in [0.3, 0.4) is 0 Å². The smallest absolute Gasteiger partial charge is 0.143 e. The van der Waals surface area contributed by atoms with Gasteiger partial charge in [0.1, 0.15) is 11.2 Å². The van der Waals surface area contributed by atoms with Gasteiger partial charge in [-0.1, -0.05) is 208 Å². The first-order valence-electron chi connectivity index (χ1n) is 22.5. The minimum atomic E-state index is -0.364. The van der Waals surface area contributed by atoms with Crippen molar-refractivity contribution in [3.63, 3.8) is 0 Å². The highest BCUT2D eigenvalue weighted by Crippen LogP contribution is 2.59. The molecule has 1 heterocycles. The van der Waals surface area contributed by atoms with Crippen LogP contribution in [0.5, 0.6) is 0 Å². The minimum Gasteiger partial charge on any atom is -0.455 e. The van der Waals surface area contributed by atoms with Crippen LogP contribution in [0.2, 0.25) is 0 Å². The first-order valence-corrected chi connectivity index (χ1v) is 22.5. The lowest BCUT2D eigenvalue weighted by Crippen LogP contribution is -2.18. The molecule has 0 unspecified atom stereocenters. The molecule has 12 rings (SSSR count). The Morgan fingerprint density at radius 3 is 1.45 bits per heavy atom. The standard InChI is InChI=1S/C63H45NO/c1-63(2)60-51(46-21-10-5-11-22-46)26-15-29-56(60)59-57(40-39-52(61(59)63)47-23-14-24-48(41-47)53-27-16-28-55-54-25-12-13-30-58(54)65-62(53)55)64(49-35-31-44(32-36-49)42-17-6-3-7-18-42)50-37-33-45(34-38-50)43-19-8-4-9-20-43/h3-41H,1-2H3. The third kappa shape index (κ3) is 6.49. The maximum atomic E-state index is 6.57. The molecule has 308 valence electrons. The quantitative estimate of drug-likeness (QED) is 0.152. The number of benzene rings is 10. The first kappa shape index (κ1) is 38.5. The number of rotatable bonds is 8. The van der Waals surface area contributed by atoms with Crippen LogP contribution in [0.1, 0.15) is 25.0 Å². The molecule has 1 aliphatic carbocycles. The van der Waals surface area contributed by atoms with Crippen molar-refractivity contribution in [1.29, 1.82) is 0 Å². The summed E-state index contributed by atoms with van der Waals surface area (Å²) in [6.07, 6.45) is 0. The summed E-state index contributed by atoms with van der Waals surface area (Å²) in [5.41, 5.74) is 21.8. The molecule has 10 aromatic carbocycles. The van der Waals surface area contributed by atoms with Gasteiger partial charge in [0.05, 0.1) is 5.69 Å². The summed E-state index contributed by atoms with van der Waals surface area (Å²) < 4.78 is 6.57. The fourth-order valence-electron chi connectivity index (χ4n) is 10.5. The molecule has 2 nitrogen and oxygen atoms in total. The highest BCUT2D eigenvalue weighted by Gasteiger charge is 2.42. The van der Waals surface area contributed by atoms with E-state index < -0.39 is 0 Å². The zero-order valence-corrected chi connectivity index (χ0v) is 36.4. The van der Waals surface area contributed by atoms with Crippen molar-refractivity contribution in [3.05, 3.63) is 248 Å². The molecule has 0 amide bonds. The summed E-state index contributed by atoms with van der Waals surface area (Å²) >= 11 is 0. The van der Waals surface area contributed by atoms with Crippen LogP contribution in [0.4, 0.5) is 17.1 Å². The molecule has 0 saturated carbocycles. The molecule has 0 aliphatic heterocycles. The van der Waals surface area contributed by atoms with Gasteiger partial charge in [0.2, 0.25) is 0 Å². The van der Waals surface area contributed by atoms with Gasteiger partial charge in [-0.15, -0.1) is 0 Å². The van der Waals surface area contributed by atoms with E-state index in [4.69, 9.17) is 4.42 Å². The topological polar surface area (TPSA) is 16.4 Å². The molecular formula is C63H45NO. The molecule has 0 fully saturated rings. The zero-order valence-electron chi connectivity index (χ0n) is 36.4. The van der Waals surface area contributed by atoms with Crippen molar-refractivity contribution in [3.8, 4) is 66.8 Å². The minimum absolute atomic E-state index is 0.364. The van der Waals surface area contributed by atoms with Crippen LogP contribution >= 0.6 is 0 Å². The van der Waals surface area contributed by atoms with Gasteiger partial charge in [0, 0.05) is 38.7 Å². The summed E-state index contributed by atoms with van der Waals surface area (Å²) in [6, 6.07) is 85.8. The summed E-state index contributed by atoms with van der Waals surface area (Å²) in [6.45, 7) is 4.84. The van der Waals surface area contributed by atoms with Crippen LogP contribution in [-0.2, 0) is 5.41 Å². The van der Waals surface area contributed by atoms with E-state index in [1.54, 1.807) is 0 Å². The number of hydrogen-bond acceptors (Lipinski definition) is 2. The van der Waals surface area contributed by atoms with Gasteiger partial charge in [0.15, 0.2) is 0 Å². The van der Waals surface area contributed by atoms with E-state index in [1.807, 2.05) is 6.07 Å². The number of anilines is 3. The summed E-state index contributed by atoms with van der Waals surface area (Å²) in [4.78, 5) is 2.46. The lowest BCUT2D eigenvalue weighted by molar-refractivity contribution is 0.664. The van der Waals surface area contributed by atoms with E-state index in [1.165, 1.54) is 66.8 Å². The molecular weight excluding hydrogens is 787 g/mol. The fourth-order valence-corrected chi connectivity index (χ4v) is 10.5. The van der Waals surface area contributed by atoms with Crippen LogP contribution < -0.4 is 4.90 Å². The second-order valence-electron chi connectivity index (χ2n) is 17.6. The van der Waals surface area contributed by atoms with E-state index in [9.17, 15) is 0 Å². The van der Waals surface area contributed by atoms with Crippen molar-refractivity contribution in [2.24, 2.45) is 0 Å². The number of hydrogen-bond donors (Lipinski definition) is 0. The third-order valence-electron chi connectivity index (χ3n) is 13.4. The molecule has 11 aromatic rings. The fraction of sp³-hybridized carbons (Fsp3) is 0.0476. The Morgan fingerprint density at radius 1 is 0.338 bits per heavy atom. The molecule has 1 aromatic heterocycles. The van der Waals surface area contributed by atoms with E-state index in [0.29, 0.717) is 0 Å². The van der Waals surface area contributed by atoms with Crippen molar-refractivity contribution >= 4 is 39.0 Å². The van der Waals surface area contributed by atoms with Gasteiger partial charge in [-0.2, -0.15) is 0 Å². The Labute approximate surface area is 380 Å². The summed E-state index contributed by atoms with van der Waals surface area (Å²) in [5.74, 6) is 0. The second kappa shape index (κ2) is 15.6. The normalized spacial score (nSPS) is 12.6. The Morgan fingerprint density at radius 2 is 0.800 bits per heavy atom. The van der Waals surface area contributed by atoms with Crippen molar-refractivity contribution in [2.75, 3.05) is 4.90 Å². The lowest BCUT2D eigenvalue weighted by Gasteiger charge is -2.31. The maximum Gasteiger partial charge on any atom is 0.143 e. The highest BCUT2D eigenvalue weighted by atomic mass is 16.3. The number of furan rings is 1. The summed E-state index contributed by atoms with van der Waals surface area (Å²) in [7, 11) is 0. The van der Waals surface area contributed by atoms with Gasteiger partial charge in [-0.05, 0) is 109 Å². The van der Waals surface area contributed by atoms with Crippen molar-refractivity contribution < 1.29 is 4.42 Å². The van der Waals surface area contributed by atoms with Crippen LogP contribution in [0.25, 0.3) is 88.7 Å². The highest BCUT2D eigenvalue weighted by molar-refractivity contribution is 6.10. The Balaban J connectivity index is 1.09. The van der Waals surface area contributed by atoms with Gasteiger partial charge in [-0.25, -0.2) is 0 Å². The molecule has 2 heteroatoms. The largest absolute Gasteiger partial charge is 0.455 e. The Bertz CT molecular complexity index is 3450. The van der Waals surface area contributed by atoms with Crippen molar-refractivity contribution in [1.82, 2.24) is 0 Å². The SMILES string of the molecule is CC1(C)c2c(-c3ccccc3)cccc2-c2c(N(c3ccc(-c4ccccc4)cc3)c3ccc(-c4ccccc4)cc3)ccc(-c3cccc(-c4cccc5c4oc4ccccc45)c3)c21. The zero-order chi connectivity index (χ0) is 43.5. The average Bonchev–Trinajstić information content (AvgIpc) is 3.88. The monoisotopic (exact) mass is 831 g/mol. The Kier molecular flexibility index (Phi) is 9.21. The first-order chi connectivity index (χ1) is 32.0. The maximum absolute atomic E-state index is 6.57. The average molecular weight is 832 g/mol. The van der Waals surface area contributed by atoms with Gasteiger partial charge >= 0.3 is 0 Å². The molecule has 0 spiro atoms. The van der Waals surface area contributed by atoms with Crippen LogP contribution in [0, 0.1) is 0 Å². The third-order valence-corrected chi connectivity index (χ3v) is 13.4. The Hall–Kier alpha value is -8.20. The van der Waals surface area contributed by atoms with Crippen LogP contribution in [-0.4, -0.2) is 0 Å². The molecule has 0 bridgehead atoms. The van der Waals surface area contributed by atoms with E-state index >= 15 is 0 Å². The number of para-hydroxylation sites is 2. The predicted octanol–water partition coefficient (Wildman–Crippen LogP) is 17.7. The second-order valence-corrected chi connectivity index (χ2v) is 17.6. The van der Waals surface area contributed by atoms with E-state index in [2.05, 4.69) is 249 Å². The summed E-state index contributed by atoms with van der Waals surface area (Å²) in [5, 5.41) is 2.27. The number of fused-ring (bicyclic) bond motifs is 6.